The first-order valence-electron chi connectivity index (χ1n) is 2.95. The molecular formula is C6H10N2S. The van der Waals surface area contributed by atoms with Crippen molar-refractivity contribution in [2.45, 2.75) is 13.3 Å². The van der Waals surface area contributed by atoms with Crippen molar-refractivity contribution < 1.29 is 0 Å². The van der Waals surface area contributed by atoms with Crippen molar-refractivity contribution >= 4 is 11.9 Å². The molecule has 0 radical (unpaired) electrons. The minimum Gasteiger partial charge on any atom is -0.214 e. The minimum absolute atomic E-state index is 1.07. The molecule has 0 saturated heterocycles. The van der Waals surface area contributed by atoms with Gasteiger partial charge in [-0.3, -0.25) is 0 Å². The van der Waals surface area contributed by atoms with Crippen LogP contribution in [0.25, 0.3) is 0 Å². The molecule has 0 spiro atoms. The van der Waals surface area contributed by atoms with Crippen LogP contribution < -0.4 is 0 Å². The van der Waals surface area contributed by atoms with Crippen LogP contribution in [0, 0.1) is 0 Å². The Morgan fingerprint density at radius 2 is 2.56 bits per heavy atom. The lowest BCUT2D eigenvalue weighted by atomic mass is 10.3. The molecule has 1 aromatic rings. The van der Waals surface area contributed by atoms with Gasteiger partial charge in [-0.1, -0.05) is 6.92 Å². The Balaban J connectivity index is 2.74. The van der Waals surface area contributed by atoms with Crippen molar-refractivity contribution in [1.29, 1.82) is 0 Å². The molecule has 9 heavy (non-hydrogen) atoms. The summed E-state index contributed by atoms with van der Waals surface area (Å²) < 4.78 is 1.86. The zero-order valence-electron chi connectivity index (χ0n) is 5.66. The minimum atomic E-state index is 1.07. The Hall–Kier alpha value is -0.440. The summed E-state index contributed by atoms with van der Waals surface area (Å²) in [5.74, 6) is 0. The van der Waals surface area contributed by atoms with Gasteiger partial charge in [-0.2, -0.15) is 5.10 Å². The zero-order valence-corrected chi connectivity index (χ0v) is 6.48. The number of aromatic nitrogens is 2. The van der Waals surface area contributed by atoms with Crippen LogP contribution in [0.2, 0.25) is 0 Å². The van der Waals surface area contributed by atoms with Crippen LogP contribution in [0.5, 0.6) is 0 Å². The van der Waals surface area contributed by atoms with Crippen LogP contribution in [0.3, 0.4) is 0 Å². The average Bonchev–Trinajstić information content (AvgIpc) is 2.34. The first-order chi connectivity index (χ1) is 4.36. The van der Waals surface area contributed by atoms with Gasteiger partial charge in [-0.25, -0.2) is 4.09 Å². The van der Waals surface area contributed by atoms with Crippen molar-refractivity contribution in [3.05, 3.63) is 18.0 Å². The van der Waals surface area contributed by atoms with Gasteiger partial charge in [-0.05, 0) is 23.9 Å². The van der Waals surface area contributed by atoms with Crippen molar-refractivity contribution in [2.24, 2.45) is 0 Å². The molecule has 0 saturated carbocycles. The van der Waals surface area contributed by atoms with E-state index in [0.717, 1.165) is 6.42 Å². The average molecular weight is 142 g/mol. The summed E-state index contributed by atoms with van der Waals surface area (Å²) in [6, 6.07) is 0. The molecule has 1 heterocycles. The van der Waals surface area contributed by atoms with Gasteiger partial charge in [0.15, 0.2) is 0 Å². The second kappa shape index (κ2) is 2.92. The number of rotatable bonds is 2. The normalized spacial score (nSPS) is 10.0. The first-order valence-corrected chi connectivity index (χ1v) is 4.13. The fraction of sp³-hybridized carbons (Fsp3) is 0.500. The van der Waals surface area contributed by atoms with Gasteiger partial charge in [0.05, 0.1) is 6.20 Å². The van der Waals surface area contributed by atoms with Crippen LogP contribution in [0.4, 0.5) is 0 Å². The quantitative estimate of drug-likeness (QED) is 0.623. The van der Waals surface area contributed by atoms with Crippen molar-refractivity contribution in [2.75, 3.05) is 6.26 Å². The van der Waals surface area contributed by atoms with Gasteiger partial charge < -0.3 is 0 Å². The standard InChI is InChI=1S/C6H10N2S/c1-3-6-4-7-8(5-6)9-2/h4-5H,3H2,1-2H3. The third-order valence-electron chi connectivity index (χ3n) is 1.21. The molecular weight excluding hydrogens is 132 g/mol. The number of hydrogen-bond donors (Lipinski definition) is 0. The predicted molar refractivity (Wildman–Crippen MR) is 40.5 cm³/mol. The molecule has 0 N–H and O–H groups in total. The van der Waals surface area contributed by atoms with Gasteiger partial charge in [0.2, 0.25) is 0 Å². The van der Waals surface area contributed by atoms with E-state index in [1.807, 2.05) is 22.7 Å². The number of aryl methyl sites for hydroxylation is 1. The predicted octanol–water partition coefficient (Wildman–Crippen LogP) is 1.57. The van der Waals surface area contributed by atoms with Crippen molar-refractivity contribution in [1.82, 2.24) is 9.19 Å². The van der Waals surface area contributed by atoms with E-state index in [9.17, 15) is 0 Å². The fourth-order valence-corrected chi connectivity index (χ4v) is 1.00. The van der Waals surface area contributed by atoms with E-state index < -0.39 is 0 Å². The van der Waals surface area contributed by atoms with Gasteiger partial charge in [0.25, 0.3) is 0 Å². The smallest absolute Gasteiger partial charge is 0.0532 e. The molecule has 1 aromatic heterocycles. The summed E-state index contributed by atoms with van der Waals surface area (Å²) in [7, 11) is 0. The summed E-state index contributed by atoms with van der Waals surface area (Å²) in [6.07, 6.45) is 7.02. The van der Waals surface area contributed by atoms with Gasteiger partial charge in [0.1, 0.15) is 0 Å². The highest BCUT2D eigenvalue weighted by atomic mass is 32.2. The monoisotopic (exact) mass is 142 g/mol. The van der Waals surface area contributed by atoms with Crippen molar-refractivity contribution in [3.63, 3.8) is 0 Å². The molecule has 0 aliphatic heterocycles. The van der Waals surface area contributed by atoms with E-state index in [2.05, 4.69) is 12.0 Å². The molecule has 0 aromatic carbocycles. The number of hydrogen-bond acceptors (Lipinski definition) is 2. The SMILES string of the molecule is CCc1cnn(SC)c1. The lowest BCUT2D eigenvalue weighted by molar-refractivity contribution is 1.01. The molecule has 3 heteroatoms. The van der Waals surface area contributed by atoms with E-state index in [4.69, 9.17) is 0 Å². The summed E-state index contributed by atoms with van der Waals surface area (Å²) in [4.78, 5) is 0. The van der Waals surface area contributed by atoms with Gasteiger partial charge >= 0.3 is 0 Å². The molecule has 0 atom stereocenters. The summed E-state index contributed by atoms with van der Waals surface area (Å²) in [5.41, 5.74) is 1.30. The third kappa shape index (κ3) is 1.48. The molecule has 0 aliphatic carbocycles. The molecule has 0 amide bonds. The van der Waals surface area contributed by atoms with Crippen LogP contribution >= 0.6 is 11.9 Å². The fourth-order valence-electron chi connectivity index (χ4n) is 0.622. The molecule has 0 aliphatic rings. The molecule has 0 bridgehead atoms. The third-order valence-corrected chi connectivity index (χ3v) is 1.78. The van der Waals surface area contributed by atoms with E-state index in [1.165, 1.54) is 5.56 Å². The van der Waals surface area contributed by atoms with Crippen LogP contribution in [-0.4, -0.2) is 15.4 Å². The Morgan fingerprint density at radius 3 is 2.89 bits per heavy atom. The lowest BCUT2D eigenvalue weighted by Gasteiger charge is -1.87. The maximum atomic E-state index is 4.09. The van der Waals surface area contributed by atoms with Gasteiger partial charge in [-0.15, -0.1) is 0 Å². The van der Waals surface area contributed by atoms with E-state index in [1.54, 1.807) is 11.9 Å². The summed E-state index contributed by atoms with van der Waals surface area (Å²) in [6.45, 7) is 2.13. The second-order valence-corrected chi connectivity index (χ2v) is 2.53. The van der Waals surface area contributed by atoms with Gasteiger partial charge in [0, 0.05) is 12.5 Å². The Bertz CT molecular complexity index is 164. The molecule has 50 valence electrons. The highest BCUT2D eigenvalue weighted by Crippen LogP contribution is 2.02. The Kier molecular flexibility index (Phi) is 2.16. The molecule has 1 rings (SSSR count). The summed E-state index contributed by atoms with van der Waals surface area (Å²) >= 11 is 1.61. The Labute approximate surface area is 59.4 Å². The van der Waals surface area contributed by atoms with Crippen LogP contribution in [0.1, 0.15) is 12.5 Å². The van der Waals surface area contributed by atoms with Crippen LogP contribution in [0.15, 0.2) is 12.4 Å². The number of nitrogens with zero attached hydrogens (tertiary/aromatic N) is 2. The topological polar surface area (TPSA) is 17.8 Å². The highest BCUT2D eigenvalue weighted by Gasteiger charge is 1.91. The molecule has 0 unspecified atom stereocenters. The maximum absolute atomic E-state index is 4.09. The lowest BCUT2D eigenvalue weighted by Crippen LogP contribution is -1.81. The molecule has 0 fully saturated rings. The second-order valence-electron chi connectivity index (χ2n) is 1.79. The first kappa shape index (κ1) is 6.68. The summed E-state index contributed by atoms with van der Waals surface area (Å²) in [5, 5.41) is 4.09. The zero-order chi connectivity index (χ0) is 6.69. The van der Waals surface area contributed by atoms with Crippen LogP contribution in [-0.2, 0) is 6.42 Å². The van der Waals surface area contributed by atoms with E-state index in [0.29, 0.717) is 0 Å². The largest absolute Gasteiger partial charge is 0.214 e. The van der Waals surface area contributed by atoms with Crippen molar-refractivity contribution in [3.8, 4) is 0 Å². The Morgan fingerprint density at radius 1 is 1.78 bits per heavy atom. The van der Waals surface area contributed by atoms with E-state index >= 15 is 0 Å². The maximum Gasteiger partial charge on any atom is 0.0532 e. The van der Waals surface area contributed by atoms with E-state index in [-0.39, 0.29) is 0 Å². The highest BCUT2D eigenvalue weighted by molar-refractivity contribution is 7.97. The molecule has 2 nitrogen and oxygen atoms in total.